The van der Waals surface area contributed by atoms with E-state index >= 15 is 0 Å². The van der Waals surface area contributed by atoms with E-state index in [9.17, 15) is 0 Å². The van der Waals surface area contributed by atoms with Crippen LogP contribution in [-0.2, 0) is 16.0 Å². The van der Waals surface area contributed by atoms with Crippen LogP contribution in [0.4, 0.5) is 0 Å². The molecule has 0 fully saturated rings. The van der Waals surface area contributed by atoms with Crippen LogP contribution in [-0.4, -0.2) is 53.1 Å². The number of benzene rings is 1. The number of unbranched alkanes of at least 4 members (excludes halogenated alkanes) is 1. The fourth-order valence-electron chi connectivity index (χ4n) is 2.18. The lowest BCUT2D eigenvalue weighted by atomic mass is 10.2. The molecule has 0 heterocycles. The molecular formula is C19H34IN3O3. The standard InChI is InChI=1S/C19H33N3O3.HI/c1-4-25-15-7-13-21-19(20-12-5-6-14-23-2)22-16-17-8-10-18(24-3)11-9-17;/h8-11H,4-7,12-16H2,1-3H3,(H2,20,21,22);1H. The third kappa shape index (κ3) is 12.3. The zero-order chi connectivity index (χ0) is 18.2. The highest BCUT2D eigenvalue weighted by molar-refractivity contribution is 14.0. The van der Waals surface area contributed by atoms with Crippen molar-refractivity contribution in [3.05, 3.63) is 29.8 Å². The first-order valence-electron chi connectivity index (χ1n) is 9.02. The SMILES string of the molecule is CCOCCCNC(=NCc1ccc(OC)cc1)NCCCCOC.I. The van der Waals surface area contributed by atoms with E-state index in [2.05, 4.69) is 15.6 Å². The Balaban J connectivity index is 0.00000625. The predicted octanol–water partition coefficient (Wildman–Crippen LogP) is 3.20. The molecule has 0 aliphatic heterocycles. The molecule has 0 radical (unpaired) electrons. The molecule has 0 saturated heterocycles. The van der Waals surface area contributed by atoms with E-state index in [0.29, 0.717) is 6.54 Å². The quantitative estimate of drug-likeness (QED) is 0.197. The smallest absolute Gasteiger partial charge is 0.191 e. The van der Waals surface area contributed by atoms with Crippen molar-refractivity contribution in [2.45, 2.75) is 32.7 Å². The van der Waals surface area contributed by atoms with Gasteiger partial charge in [0, 0.05) is 40.0 Å². The van der Waals surface area contributed by atoms with Gasteiger partial charge in [-0.15, -0.1) is 24.0 Å². The van der Waals surface area contributed by atoms with E-state index in [4.69, 9.17) is 14.2 Å². The van der Waals surface area contributed by atoms with Gasteiger partial charge in [0.1, 0.15) is 5.75 Å². The number of nitrogens with one attached hydrogen (secondary N) is 2. The summed E-state index contributed by atoms with van der Waals surface area (Å²) in [6, 6.07) is 7.98. The molecule has 6 nitrogen and oxygen atoms in total. The summed E-state index contributed by atoms with van der Waals surface area (Å²) in [5.41, 5.74) is 1.15. The number of hydrogen-bond acceptors (Lipinski definition) is 4. The van der Waals surface area contributed by atoms with Crippen LogP contribution >= 0.6 is 24.0 Å². The highest BCUT2D eigenvalue weighted by atomic mass is 127. The monoisotopic (exact) mass is 479 g/mol. The van der Waals surface area contributed by atoms with Crippen LogP contribution in [0.3, 0.4) is 0 Å². The number of nitrogens with zero attached hydrogens (tertiary/aromatic N) is 1. The third-order valence-electron chi connectivity index (χ3n) is 3.61. The van der Waals surface area contributed by atoms with E-state index in [0.717, 1.165) is 69.4 Å². The molecule has 150 valence electrons. The second kappa shape index (κ2) is 17.4. The van der Waals surface area contributed by atoms with Crippen molar-refractivity contribution < 1.29 is 14.2 Å². The number of rotatable bonds is 13. The second-order valence-corrected chi connectivity index (χ2v) is 5.62. The van der Waals surface area contributed by atoms with Gasteiger partial charge in [-0.2, -0.15) is 0 Å². The maximum atomic E-state index is 5.37. The molecule has 1 aromatic rings. The van der Waals surface area contributed by atoms with Crippen molar-refractivity contribution in [1.29, 1.82) is 0 Å². The highest BCUT2D eigenvalue weighted by Gasteiger charge is 2.00. The number of ether oxygens (including phenoxy) is 3. The van der Waals surface area contributed by atoms with Crippen molar-refractivity contribution in [2.75, 3.05) is 47.1 Å². The maximum absolute atomic E-state index is 5.37. The molecule has 0 aliphatic carbocycles. The molecule has 0 spiro atoms. The summed E-state index contributed by atoms with van der Waals surface area (Å²) < 4.78 is 15.6. The van der Waals surface area contributed by atoms with Crippen molar-refractivity contribution in [3.8, 4) is 5.75 Å². The van der Waals surface area contributed by atoms with Crippen molar-refractivity contribution in [1.82, 2.24) is 10.6 Å². The molecule has 2 N–H and O–H groups in total. The lowest BCUT2D eigenvalue weighted by molar-refractivity contribution is 0.145. The Kier molecular flexibility index (Phi) is 16.7. The zero-order valence-corrected chi connectivity index (χ0v) is 18.6. The zero-order valence-electron chi connectivity index (χ0n) is 16.3. The van der Waals surface area contributed by atoms with Crippen molar-refractivity contribution in [3.63, 3.8) is 0 Å². The van der Waals surface area contributed by atoms with Gasteiger partial charge >= 0.3 is 0 Å². The van der Waals surface area contributed by atoms with E-state index < -0.39 is 0 Å². The van der Waals surface area contributed by atoms with E-state index in [1.165, 1.54) is 0 Å². The first-order chi connectivity index (χ1) is 12.3. The maximum Gasteiger partial charge on any atom is 0.191 e. The molecular weight excluding hydrogens is 445 g/mol. The molecule has 0 unspecified atom stereocenters. The summed E-state index contributed by atoms with van der Waals surface area (Å²) in [5.74, 6) is 1.70. The minimum atomic E-state index is 0. The second-order valence-electron chi connectivity index (χ2n) is 5.62. The van der Waals surface area contributed by atoms with Crippen LogP contribution in [0.25, 0.3) is 0 Å². The minimum absolute atomic E-state index is 0. The molecule has 7 heteroatoms. The predicted molar refractivity (Wildman–Crippen MR) is 118 cm³/mol. The lowest BCUT2D eigenvalue weighted by Crippen LogP contribution is -2.38. The molecule has 0 aromatic heterocycles. The van der Waals surface area contributed by atoms with E-state index in [1.807, 2.05) is 31.2 Å². The Morgan fingerprint density at radius 2 is 1.65 bits per heavy atom. The average molecular weight is 479 g/mol. The molecule has 1 aromatic carbocycles. The normalized spacial score (nSPS) is 11.0. The van der Waals surface area contributed by atoms with Crippen LogP contribution in [0, 0.1) is 0 Å². The Morgan fingerprint density at radius 1 is 0.962 bits per heavy atom. The summed E-state index contributed by atoms with van der Waals surface area (Å²) in [6.45, 7) is 6.68. The van der Waals surface area contributed by atoms with Gasteiger partial charge in [0.15, 0.2) is 5.96 Å². The van der Waals surface area contributed by atoms with Gasteiger partial charge in [-0.25, -0.2) is 4.99 Å². The molecule has 0 aliphatic rings. The summed E-state index contributed by atoms with van der Waals surface area (Å²) in [7, 11) is 3.40. The average Bonchev–Trinajstić information content (AvgIpc) is 2.65. The largest absolute Gasteiger partial charge is 0.497 e. The Labute approximate surface area is 175 Å². The number of hydrogen-bond donors (Lipinski definition) is 2. The summed E-state index contributed by atoms with van der Waals surface area (Å²) in [5, 5.41) is 6.75. The van der Waals surface area contributed by atoms with Crippen molar-refractivity contribution >= 4 is 29.9 Å². The summed E-state index contributed by atoms with van der Waals surface area (Å²) in [6.07, 6.45) is 3.05. The Bertz CT molecular complexity index is 454. The number of guanidine groups is 1. The third-order valence-corrected chi connectivity index (χ3v) is 3.61. The van der Waals surface area contributed by atoms with Crippen LogP contribution in [0.2, 0.25) is 0 Å². The highest BCUT2D eigenvalue weighted by Crippen LogP contribution is 2.11. The number of aliphatic imine (C=N–C) groups is 1. The fraction of sp³-hybridized carbons (Fsp3) is 0.632. The van der Waals surface area contributed by atoms with Crippen LogP contribution in [0.15, 0.2) is 29.3 Å². The Morgan fingerprint density at radius 3 is 2.27 bits per heavy atom. The van der Waals surface area contributed by atoms with Gasteiger partial charge < -0.3 is 24.8 Å². The van der Waals surface area contributed by atoms with Crippen LogP contribution in [0.1, 0.15) is 31.7 Å². The topological polar surface area (TPSA) is 64.1 Å². The van der Waals surface area contributed by atoms with Crippen LogP contribution < -0.4 is 15.4 Å². The summed E-state index contributed by atoms with van der Waals surface area (Å²) >= 11 is 0. The van der Waals surface area contributed by atoms with Gasteiger partial charge in [-0.05, 0) is 43.9 Å². The Hall–Kier alpha value is -1.06. The molecule has 0 amide bonds. The van der Waals surface area contributed by atoms with Gasteiger partial charge in [0.05, 0.1) is 13.7 Å². The van der Waals surface area contributed by atoms with E-state index in [1.54, 1.807) is 14.2 Å². The van der Waals surface area contributed by atoms with Gasteiger partial charge in [-0.1, -0.05) is 12.1 Å². The van der Waals surface area contributed by atoms with Crippen LogP contribution in [0.5, 0.6) is 5.75 Å². The molecule has 26 heavy (non-hydrogen) atoms. The number of methoxy groups -OCH3 is 2. The first kappa shape index (κ1) is 24.9. The summed E-state index contributed by atoms with van der Waals surface area (Å²) in [4.78, 5) is 4.67. The van der Waals surface area contributed by atoms with Gasteiger partial charge in [-0.3, -0.25) is 0 Å². The molecule has 1 rings (SSSR count). The lowest BCUT2D eigenvalue weighted by Gasteiger charge is -2.13. The molecule has 0 bridgehead atoms. The molecule has 0 atom stereocenters. The van der Waals surface area contributed by atoms with Gasteiger partial charge in [0.2, 0.25) is 0 Å². The van der Waals surface area contributed by atoms with Crippen molar-refractivity contribution in [2.24, 2.45) is 4.99 Å². The minimum Gasteiger partial charge on any atom is -0.497 e. The number of halogens is 1. The van der Waals surface area contributed by atoms with Gasteiger partial charge in [0.25, 0.3) is 0 Å². The van der Waals surface area contributed by atoms with E-state index in [-0.39, 0.29) is 24.0 Å². The fourth-order valence-corrected chi connectivity index (χ4v) is 2.18. The first-order valence-corrected chi connectivity index (χ1v) is 9.02. The molecule has 0 saturated carbocycles.